The van der Waals surface area contributed by atoms with Crippen molar-refractivity contribution >= 4 is 38.2 Å². The number of rotatable bonds is 8. The van der Waals surface area contributed by atoms with Crippen molar-refractivity contribution in [2.24, 2.45) is 0 Å². The molecule has 2 aliphatic rings. The molecular weight excluding hydrogens is 480 g/mol. The summed E-state index contributed by atoms with van der Waals surface area (Å²) in [6, 6.07) is 7.58. The van der Waals surface area contributed by atoms with E-state index in [1.165, 1.54) is 0 Å². The summed E-state index contributed by atoms with van der Waals surface area (Å²) < 4.78 is 32.4. The van der Waals surface area contributed by atoms with Crippen molar-refractivity contribution < 1.29 is 17.9 Å². The molecule has 5 rings (SSSR count). The van der Waals surface area contributed by atoms with Crippen LogP contribution in [0, 0.1) is 0 Å². The molecular formula is C25H30N6O4S. The van der Waals surface area contributed by atoms with Crippen LogP contribution in [0.15, 0.2) is 36.7 Å². The lowest BCUT2D eigenvalue weighted by atomic mass is 9.75. The number of pyridine rings is 2. The fraction of sp³-hybridized carbons (Fsp3) is 0.400. The first-order chi connectivity index (χ1) is 17.1. The molecule has 0 radical (unpaired) electrons. The quantitative estimate of drug-likeness (QED) is 0.441. The van der Waals surface area contributed by atoms with E-state index in [1.54, 1.807) is 30.4 Å². The van der Waals surface area contributed by atoms with E-state index in [9.17, 15) is 13.2 Å². The first kappa shape index (κ1) is 24.4. The number of nitrogens with zero attached hydrogens (tertiary/aromatic N) is 4. The number of nitrogens with one attached hydrogen (secondary N) is 2. The fourth-order valence-electron chi connectivity index (χ4n) is 4.91. The molecule has 0 bridgehead atoms. The largest absolute Gasteiger partial charge is 0.476 e. The minimum atomic E-state index is -3.55. The fourth-order valence-corrected chi connectivity index (χ4v) is 5.45. The number of aromatic nitrogens is 2. The summed E-state index contributed by atoms with van der Waals surface area (Å²) in [5, 5.41) is 4.16. The van der Waals surface area contributed by atoms with E-state index < -0.39 is 15.4 Å². The first-order valence-corrected chi connectivity index (χ1v) is 13.7. The Hall–Kier alpha value is -3.28. The van der Waals surface area contributed by atoms with Crippen LogP contribution in [0.3, 0.4) is 0 Å². The molecule has 10 nitrogen and oxygen atoms in total. The second-order valence-corrected chi connectivity index (χ2v) is 11.5. The molecule has 1 amide bonds. The van der Waals surface area contributed by atoms with E-state index >= 15 is 0 Å². The number of carbonyl (C=O) groups excluding carboxylic acids is 1. The molecule has 0 saturated carbocycles. The van der Waals surface area contributed by atoms with Crippen molar-refractivity contribution in [1.82, 2.24) is 20.2 Å². The van der Waals surface area contributed by atoms with Gasteiger partial charge in [0.15, 0.2) is 0 Å². The summed E-state index contributed by atoms with van der Waals surface area (Å²) >= 11 is 0. The number of likely N-dealkylation sites (N-methyl/N-ethyl adjacent to an activating group) is 1. The highest BCUT2D eigenvalue weighted by atomic mass is 32.2. The number of ether oxygens (including phenoxy) is 1. The highest BCUT2D eigenvalue weighted by Gasteiger charge is 2.54. The monoisotopic (exact) mass is 510 g/mol. The van der Waals surface area contributed by atoms with Crippen molar-refractivity contribution in [3.05, 3.63) is 42.2 Å². The van der Waals surface area contributed by atoms with Crippen LogP contribution in [-0.4, -0.2) is 82.8 Å². The molecule has 0 aliphatic carbocycles. The number of hydrogen-bond donors (Lipinski definition) is 2. The topological polar surface area (TPSA) is 117 Å². The minimum Gasteiger partial charge on any atom is -0.476 e. The molecule has 3 aromatic rings. The number of benzene rings is 1. The van der Waals surface area contributed by atoms with Crippen LogP contribution in [0.25, 0.3) is 22.0 Å². The Morgan fingerprint density at radius 2 is 1.94 bits per heavy atom. The minimum absolute atomic E-state index is 0.0769. The van der Waals surface area contributed by atoms with E-state index in [2.05, 4.69) is 24.9 Å². The van der Waals surface area contributed by atoms with Crippen molar-refractivity contribution in [3.63, 3.8) is 0 Å². The maximum Gasteiger partial charge on any atom is 0.240 e. The number of sulfonamides is 1. The molecule has 2 aromatic heterocycles. The van der Waals surface area contributed by atoms with Gasteiger partial charge in [-0.3, -0.25) is 14.5 Å². The summed E-state index contributed by atoms with van der Waals surface area (Å²) in [4.78, 5) is 25.9. The van der Waals surface area contributed by atoms with Crippen LogP contribution in [-0.2, 0) is 20.2 Å². The lowest BCUT2D eigenvalue weighted by Gasteiger charge is -2.38. The van der Waals surface area contributed by atoms with Crippen molar-refractivity contribution in [1.29, 1.82) is 0 Å². The van der Waals surface area contributed by atoms with E-state index in [0.717, 1.165) is 52.5 Å². The maximum atomic E-state index is 13.1. The normalized spacial score (nSPS) is 16.5. The molecule has 1 spiro atoms. The van der Waals surface area contributed by atoms with Crippen LogP contribution < -0.4 is 19.7 Å². The molecule has 2 aliphatic heterocycles. The first-order valence-electron chi connectivity index (χ1n) is 11.8. The van der Waals surface area contributed by atoms with Crippen LogP contribution >= 0.6 is 0 Å². The molecule has 0 unspecified atom stereocenters. The van der Waals surface area contributed by atoms with Gasteiger partial charge in [0, 0.05) is 49.4 Å². The Morgan fingerprint density at radius 1 is 1.17 bits per heavy atom. The van der Waals surface area contributed by atoms with Crippen LogP contribution in [0.1, 0.15) is 12.0 Å². The lowest BCUT2D eigenvalue weighted by Crippen LogP contribution is -2.61. The highest BCUT2D eigenvalue weighted by Crippen LogP contribution is 2.47. The predicted molar refractivity (Wildman–Crippen MR) is 140 cm³/mol. The van der Waals surface area contributed by atoms with Gasteiger partial charge in [0.2, 0.25) is 21.8 Å². The van der Waals surface area contributed by atoms with Gasteiger partial charge in [-0.2, -0.15) is 0 Å². The summed E-state index contributed by atoms with van der Waals surface area (Å²) in [6.45, 7) is 2.44. The van der Waals surface area contributed by atoms with E-state index in [-0.39, 0.29) is 17.5 Å². The Kier molecular flexibility index (Phi) is 6.09. The summed E-state index contributed by atoms with van der Waals surface area (Å²) in [5.74, 6) is 0.311. The number of hydrogen-bond acceptors (Lipinski definition) is 8. The summed E-state index contributed by atoms with van der Waals surface area (Å²) in [6.07, 6.45) is 5.31. The SMILES string of the molecule is CN(C)CCCOc1ncc(-c2ccc3ncc4c(c3c2)C2(CNC2)C(=O)N4C)cc1NS(C)(=O)=O. The molecule has 4 heterocycles. The van der Waals surface area contributed by atoms with Gasteiger partial charge in [0.05, 0.1) is 30.3 Å². The van der Waals surface area contributed by atoms with E-state index in [1.807, 2.05) is 32.3 Å². The van der Waals surface area contributed by atoms with Gasteiger partial charge in [-0.1, -0.05) is 6.07 Å². The van der Waals surface area contributed by atoms with Crippen molar-refractivity contribution in [2.45, 2.75) is 11.8 Å². The number of amides is 1. The molecule has 1 aromatic carbocycles. The van der Waals surface area contributed by atoms with Crippen LogP contribution in [0.2, 0.25) is 0 Å². The molecule has 0 atom stereocenters. The highest BCUT2D eigenvalue weighted by molar-refractivity contribution is 7.92. The molecule has 1 fully saturated rings. The van der Waals surface area contributed by atoms with Gasteiger partial charge in [-0.25, -0.2) is 13.4 Å². The van der Waals surface area contributed by atoms with Crippen molar-refractivity contribution in [3.8, 4) is 17.0 Å². The predicted octanol–water partition coefficient (Wildman–Crippen LogP) is 1.82. The third-order valence-electron chi connectivity index (χ3n) is 6.72. The standard InChI is InChI=1S/C25H30N6O4S/c1-30(2)8-5-9-35-23-20(29-36(4,33)34)11-17(12-28-23)16-6-7-19-18(10-16)22-21(13-27-19)31(3)24(32)25(22)14-26-15-25/h6-7,10-13,26,29H,5,8-9,14-15H2,1-4H3. The van der Waals surface area contributed by atoms with Gasteiger partial charge >= 0.3 is 0 Å². The average Bonchev–Trinajstić information content (AvgIpc) is 3.03. The van der Waals surface area contributed by atoms with Crippen LogP contribution in [0.4, 0.5) is 11.4 Å². The maximum absolute atomic E-state index is 13.1. The molecule has 36 heavy (non-hydrogen) atoms. The zero-order chi connectivity index (χ0) is 25.7. The Labute approximate surface area is 210 Å². The third-order valence-corrected chi connectivity index (χ3v) is 7.31. The number of carbonyl (C=O) groups is 1. The Bertz CT molecular complexity index is 1450. The van der Waals surface area contributed by atoms with Gasteiger partial charge in [0.1, 0.15) is 11.1 Å². The lowest BCUT2D eigenvalue weighted by molar-refractivity contribution is -0.124. The van der Waals surface area contributed by atoms with Gasteiger partial charge in [-0.05, 0) is 44.3 Å². The second kappa shape index (κ2) is 8.99. The average molecular weight is 511 g/mol. The van der Waals surface area contributed by atoms with Gasteiger partial charge in [0.25, 0.3) is 0 Å². The summed E-state index contributed by atoms with van der Waals surface area (Å²) in [7, 11) is 2.20. The Balaban J connectivity index is 1.55. The zero-order valence-electron chi connectivity index (χ0n) is 20.8. The van der Waals surface area contributed by atoms with E-state index in [4.69, 9.17) is 4.74 Å². The van der Waals surface area contributed by atoms with E-state index in [0.29, 0.717) is 19.7 Å². The molecule has 190 valence electrons. The zero-order valence-corrected chi connectivity index (χ0v) is 21.6. The summed E-state index contributed by atoms with van der Waals surface area (Å²) in [5.41, 5.74) is 3.88. The van der Waals surface area contributed by atoms with Crippen LogP contribution in [0.5, 0.6) is 5.88 Å². The molecule has 2 N–H and O–H groups in total. The van der Waals surface area contributed by atoms with Crippen molar-refractivity contribution in [2.75, 3.05) is 63.3 Å². The second-order valence-electron chi connectivity index (χ2n) is 9.76. The third kappa shape index (κ3) is 4.27. The van der Waals surface area contributed by atoms with Gasteiger partial charge < -0.3 is 19.9 Å². The van der Waals surface area contributed by atoms with Gasteiger partial charge in [-0.15, -0.1) is 0 Å². The number of fused-ring (bicyclic) bond motifs is 4. The smallest absolute Gasteiger partial charge is 0.240 e. The number of anilines is 2. The Morgan fingerprint density at radius 3 is 2.61 bits per heavy atom. The molecule has 11 heteroatoms. The molecule has 1 saturated heterocycles.